The highest BCUT2D eigenvalue weighted by atomic mass is 16.3. The zero-order chi connectivity index (χ0) is 17.3. The van der Waals surface area contributed by atoms with Gasteiger partial charge < -0.3 is 15.3 Å². The third-order valence-corrected chi connectivity index (χ3v) is 8.45. The number of aliphatic hydroxyl groups is 3. The molecule has 0 radical (unpaired) electrons. The van der Waals surface area contributed by atoms with Gasteiger partial charge in [0.25, 0.3) is 0 Å². The Labute approximate surface area is 144 Å². The Morgan fingerprint density at radius 1 is 1.08 bits per heavy atom. The molecule has 4 aliphatic carbocycles. The molecule has 0 bridgehead atoms. The van der Waals surface area contributed by atoms with Crippen LogP contribution in [0.5, 0.6) is 0 Å². The van der Waals surface area contributed by atoms with E-state index in [4.69, 9.17) is 0 Å². The summed E-state index contributed by atoms with van der Waals surface area (Å²) in [7, 11) is 0. The molecule has 4 rings (SSSR count). The molecule has 8 atom stereocenters. The van der Waals surface area contributed by atoms with Gasteiger partial charge in [0.05, 0.1) is 18.5 Å². The Morgan fingerprint density at radius 3 is 2.54 bits per heavy atom. The zero-order valence-corrected chi connectivity index (χ0v) is 14.7. The van der Waals surface area contributed by atoms with E-state index < -0.39 is 12.2 Å². The first-order valence-electron chi connectivity index (χ1n) is 9.55. The van der Waals surface area contributed by atoms with E-state index in [1.54, 1.807) is 0 Å². The molecule has 1 unspecified atom stereocenters. The molecule has 4 heteroatoms. The van der Waals surface area contributed by atoms with Gasteiger partial charge in [-0.1, -0.05) is 13.8 Å². The summed E-state index contributed by atoms with van der Waals surface area (Å²) in [5.74, 6) is 1.55. The lowest BCUT2D eigenvalue weighted by atomic mass is 9.44. The lowest BCUT2D eigenvalue weighted by molar-refractivity contribution is -0.156. The highest BCUT2D eigenvalue weighted by molar-refractivity contribution is 5.87. The minimum Gasteiger partial charge on any atom is -0.516 e. The van der Waals surface area contributed by atoms with Gasteiger partial charge in [0.2, 0.25) is 0 Å². The van der Waals surface area contributed by atoms with Gasteiger partial charge in [-0.05, 0) is 67.3 Å². The third-order valence-electron chi connectivity index (χ3n) is 8.45. The van der Waals surface area contributed by atoms with E-state index in [-0.39, 0.29) is 16.7 Å². The van der Waals surface area contributed by atoms with Gasteiger partial charge in [-0.2, -0.15) is 0 Å². The van der Waals surface area contributed by atoms with Gasteiger partial charge >= 0.3 is 0 Å². The van der Waals surface area contributed by atoms with E-state index in [1.165, 1.54) is 6.26 Å². The van der Waals surface area contributed by atoms with Crippen LogP contribution in [-0.2, 0) is 4.79 Å². The second-order valence-electron chi connectivity index (χ2n) is 9.28. The first-order chi connectivity index (χ1) is 11.3. The Balaban J connectivity index is 1.74. The second-order valence-corrected chi connectivity index (χ2v) is 9.28. The number of rotatable bonds is 0. The molecule has 4 saturated carbocycles. The summed E-state index contributed by atoms with van der Waals surface area (Å²) in [5, 5.41) is 30.7. The van der Waals surface area contributed by atoms with E-state index in [1.807, 2.05) is 0 Å². The van der Waals surface area contributed by atoms with E-state index in [0.29, 0.717) is 36.4 Å². The summed E-state index contributed by atoms with van der Waals surface area (Å²) in [6, 6.07) is 0. The van der Waals surface area contributed by atoms with Gasteiger partial charge in [-0.15, -0.1) is 0 Å². The van der Waals surface area contributed by atoms with Crippen LogP contribution in [0.15, 0.2) is 11.8 Å². The molecular formula is C20H30O4. The van der Waals surface area contributed by atoms with Crippen molar-refractivity contribution in [2.45, 2.75) is 71.0 Å². The van der Waals surface area contributed by atoms with Crippen LogP contribution in [0.25, 0.3) is 0 Å². The average Bonchev–Trinajstić information content (AvgIpc) is 2.86. The lowest BCUT2D eigenvalue weighted by Gasteiger charge is -2.61. The van der Waals surface area contributed by atoms with Crippen LogP contribution in [0.2, 0.25) is 0 Å². The highest BCUT2D eigenvalue weighted by Crippen LogP contribution is 2.66. The van der Waals surface area contributed by atoms with Crippen molar-refractivity contribution in [2.75, 3.05) is 0 Å². The van der Waals surface area contributed by atoms with Crippen molar-refractivity contribution in [2.24, 2.45) is 34.5 Å². The molecule has 0 aromatic carbocycles. The molecule has 0 aromatic heterocycles. The van der Waals surface area contributed by atoms with Crippen LogP contribution in [0, 0.1) is 34.5 Å². The summed E-state index contributed by atoms with van der Waals surface area (Å²) in [4.78, 5) is 12.5. The molecular weight excluding hydrogens is 304 g/mol. The fourth-order valence-corrected chi connectivity index (χ4v) is 7.15. The predicted molar refractivity (Wildman–Crippen MR) is 90.2 cm³/mol. The number of Topliss-reactive ketones (excluding diaryl/α,β-unsaturated/α-hetero) is 1. The highest BCUT2D eigenvalue weighted by Gasteiger charge is 2.62. The molecule has 24 heavy (non-hydrogen) atoms. The largest absolute Gasteiger partial charge is 0.516 e. The summed E-state index contributed by atoms with van der Waals surface area (Å²) in [6.07, 6.45) is 5.61. The van der Waals surface area contributed by atoms with Crippen molar-refractivity contribution in [3.63, 3.8) is 0 Å². The Morgan fingerprint density at radius 2 is 1.83 bits per heavy atom. The molecule has 3 N–H and O–H groups in total. The minimum atomic E-state index is -0.790. The molecule has 0 aliphatic heterocycles. The van der Waals surface area contributed by atoms with Crippen molar-refractivity contribution in [1.82, 2.24) is 0 Å². The number of hydrogen-bond acceptors (Lipinski definition) is 4. The zero-order valence-electron chi connectivity index (χ0n) is 14.7. The van der Waals surface area contributed by atoms with Crippen LogP contribution in [0.4, 0.5) is 0 Å². The smallest absolute Gasteiger partial charge is 0.139 e. The molecule has 0 saturated heterocycles. The molecule has 0 heterocycles. The molecule has 0 aromatic rings. The van der Waals surface area contributed by atoms with Gasteiger partial charge in [-0.3, -0.25) is 4.79 Å². The maximum absolute atomic E-state index is 12.5. The molecule has 4 aliphatic rings. The van der Waals surface area contributed by atoms with Crippen molar-refractivity contribution in [3.8, 4) is 0 Å². The predicted octanol–water partition coefficient (Wildman–Crippen LogP) is 2.98. The second kappa shape index (κ2) is 5.31. The Bertz CT molecular complexity index is 584. The number of carbonyl (C=O) groups excluding carboxylic acids is 1. The molecule has 0 spiro atoms. The normalized spacial score (nSPS) is 55.8. The Hall–Kier alpha value is -0.870. The third kappa shape index (κ3) is 1.96. The first-order valence-corrected chi connectivity index (χ1v) is 9.55. The van der Waals surface area contributed by atoms with Gasteiger partial charge in [0, 0.05) is 17.8 Å². The van der Waals surface area contributed by atoms with Gasteiger partial charge in [-0.25, -0.2) is 0 Å². The number of carbonyl (C=O) groups is 1. The van der Waals surface area contributed by atoms with Crippen LogP contribution >= 0.6 is 0 Å². The number of fused-ring (bicyclic) bond motifs is 5. The van der Waals surface area contributed by atoms with Crippen molar-refractivity contribution < 1.29 is 20.1 Å². The van der Waals surface area contributed by atoms with E-state index >= 15 is 0 Å². The fraction of sp³-hybridized carbons (Fsp3) is 0.850. The number of hydrogen-bond donors (Lipinski definition) is 3. The van der Waals surface area contributed by atoms with Crippen LogP contribution in [0.3, 0.4) is 0 Å². The topological polar surface area (TPSA) is 77.8 Å². The monoisotopic (exact) mass is 334 g/mol. The summed E-state index contributed by atoms with van der Waals surface area (Å²) >= 11 is 0. The van der Waals surface area contributed by atoms with Crippen LogP contribution in [0.1, 0.15) is 58.8 Å². The average molecular weight is 334 g/mol. The van der Waals surface area contributed by atoms with Gasteiger partial charge in [0.1, 0.15) is 5.78 Å². The van der Waals surface area contributed by atoms with Crippen molar-refractivity contribution in [3.05, 3.63) is 11.8 Å². The maximum Gasteiger partial charge on any atom is 0.139 e. The van der Waals surface area contributed by atoms with E-state index in [2.05, 4.69) is 13.8 Å². The van der Waals surface area contributed by atoms with Crippen LogP contribution in [-0.4, -0.2) is 33.3 Å². The number of aliphatic hydroxyl groups excluding tert-OH is 3. The Kier molecular flexibility index (Phi) is 3.67. The molecule has 0 amide bonds. The fourth-order valence-electron chi connectivity index (χ4n) is 7.15. The SMILES string of the molecule is C[C@]12CC[C@H](O)C(O)[C@@H]1/C(=C/O)C[C@@H]1[C@@H]2CC[C@]2(C)C(=O)CC[C@@H]12. The van der Waals surface area contributed by atoms with E-state index in [9.17, 15) is 20.1 Å². The quantitative estimate of drug-likeness (QED) is 0.595. The van der Waals surface area contributed by atoms with Gasteiger partial charge in [0.15, 0.2) is 0 Å². The standard InChI is InChI=1S/C20H30O4/c1-19-7-5-14-12(13(19)3-4-16(19)23)9-11(10-21)17-18(24)15(22)6-8-20(14,17)2/h10,12-15,17-18,21-22,24H,3-9H2,1-2H3/b11-10+/t12-,13-,14-,15-,17-,18?,19-,20+/m0/s1. The minimum absolute atomic E-state index is 0.0942. The first kappa shape index (κ1) is 16.6. The molecule has 4 fully saturated rings. The lowest BCUT2D eigenvalue weighted by Crippen LogP contribution is -2.59. The van der Waals surface area contributed by atoms with E-state index in [0.717, 1.165) is 37.7 Å². The molecule has 134 valence electrons. The summed E-state index contributed by atoms with van der Waals surface area (Å²) in [6.45, 7) is 4.39. The maximum atomic E-state index is 12.5. The van der Waals surface area contributed by atoms with Crippen molar-refractivity contribution >= 4 is 5.78 Å². The molecule has 4 nitrogen and oxygen atoms in total. The van der Waals surface area contributed by atoms with Crippen molar-refractivity contribution in [1.29, 1.82) is 0 Å². The number of ketones is 1. The van der Waals surface area contributed by atoms with Crippen LogP contribution < -0.4 is 0 Å². The summed E-state index contributed by atoms with van der Waals surface area (Å²) < 4.78 is 0. The summed E-state index contributed by atoms with van der Waals surface area (Å²) in [5.41, 5.74) is 0.606.